The zero-order valence-electron chi connectivity index (χ0n) is 22.4. The van der Waals surface area contributed by atoms with E-state index in [0.29, 0.717) is 12.8 Å². The van der Waals surface area contributed by atoms with Gasteiger partial charge in [0.15, 0.2) is 0 Å². The third-order valence-electron chi connectivity index (χ3n) is 6.80. The summed E-state index contributed by atoms with van der Waals surface area (Å²) in [6.45, 7) is 0. The lowest BCUT2D eigenvalue weighted by Gasteiger charge is -2.04. The minimum atomic E-state index is -3.77. The molecule has 2 N–H and O–H groups in total. The largest absolute Gasteiger partial charge is 0.286 e. The van der Waals surface area contributed by atoms with Gasteiger partial charge in [0.1, 0.15) is 0 Å². The molecule has 0 aromatic heterocycles. The average Bonchev–Trinajstić information content (AvgIpc) is 2.77. The summed E-state index contributed by atoms with van der Waals surface area (Å²) in [6.07, 6.45) is 30.2. The SMILES string of the molecule is O=S(=O)(O)CCCCCCCCCCCCCCCCCCCCCCCCCCCS(=O)(=O)O. The van der Waals surface area contributed by atoms with Crippen LogP contribution in [0.3, 0.4) is 0 Å². The van der Waals surface area contributed by atoms with Gasteiger partial charge in [-0.2, -0.15) is 16.8 Å². The summed E-state index contributed by atoms with van der Waals surface area (Å²) in [7, 11) is -7.54. The summed E-state index contributed by atoms with van der Waals surface area (Å²) in [5, 5.41) is 0. The van der Waals surface area contributed by atoms with Gasteiger partial charge in [0.25, 0.3) is 20.2 Å². The average molecular weight is 541 g/mol. The van der Waals surface area contributed by atoms with Crippen molar-refractivity contribution in [3.63, 3.8) is 0 Å². The molecule has 0 aliphatic rings. The normalized spacial score (nSPS) is 12.4. The summed E-state index contributed by atoms with van der Waals surface area (Å²) in [4.78, 5) is 0. The second-order valence-corrected chi connectivity index (χ2v) is 13.6. The van der Waals surface area contributed by atoms with E-state index in [4.69, 9.17) is 9.11 Å². The predicted molar refractivity (Wildman–Crippen MR) is 148 cm³/mol. The first-order chi connectivity index (χ1) is 16.7. The van der Waals surface area contributed by atoms with E-state index in [1.807, 2.05) is 0 Å². The van der Waals surface area contributed by atoms with Gasteiger partial charge in [0.05, 0.1) is 11.5 Å². The van der Waals surface area contributed by atoms with Gasteiger partial charge < -0.3 is 0 Å². The molecule has 0 amide bonds. The first kappa shape index (κ1) is 34.8. The fourth-order valence-electron chi connectivity index (χ4n) is 4.63. The van der Waals surface area contributed by atoms with Crippen LogP contribution >= 0.6 is 0 Å². The maximum atomic E-state index is 10.6. The van der Waals surface area contributed by atoms with Gasteiger partial charge in [-0.3, -0.25) is 9.11 Å². The van der Waals surface area contributed by atoms with Crippen LogP contribution in [0.2, 0.25) is 0 Å². The lowest BCUT2D eigenvalue weighted by molar-refractivity contribution is 0.476. The number of hydrogen-bond acceptors (Lipinski definition) is 4. The molecule has 0 rings (SSSR count). The predicted octanol–water partition coefficient (Wildman–Crippen LogP) is 8.51. The Hall–Kier alpha value is -0.180. The topological polar surface area (TPSA) is 109 Å². The van der Waals surface area contributed by atoms with Crippen molar-refractivity contribution in [3.05, 3.63) is 0 Å². The zero-order chi connectivity index (χ0) is 26.1. The molecule has 8 heteroatoms. The molecule has 6 nitrogen and oxygen atoms in total. The lowest BCUT2D eigenvalue weighted by atomic mass is 10.0. The molecule has 0 heterocycles. The molecule has 0 saturated heterocycles. The van der Waals surface area contributed by atoms with Gasteiger partial charge in [0, 0.05) is 0 Å². The van der Waals surface area contributed by atoms with Crippen LogP contribution in [0.1, 0.15) is 161 Å². The quantitative estimate of drug-likeness (QED) is 0.0760. The van der Waals surface area contributed by atoms with Crippen LogP contribution in [0.25, 0.3) is 0 Å². The standard InChI is InChI=1S/C27H56O6S2/c28-34(29,30)26-24-22-20-18-16-14-12-10-8-6-4-2-1-3-5-7-9-11-13-15-17-19-21-23-25-27-35(31,32)33/h1-27H2,(H,28,29,30)(H,31,32,33). The molecule has 0 bridgehead atoms. The van der Waals surface area contributed by atoms with Crippen LogP contribution in [0, 0.1) is 0 Å². The molecule has 0 radical (unpaired) electrons. The smallest absolute Gasteiger partial charge is 0.264 e. The molecule has 212 valence electrons. The molecule has 0 unspecified atom stereocenters. The minimum Gasteiger partial charge on any atom is -0.286 e. The number of unbranched alkanes of at least 4 members (excludes halogenated alkanes) is 24. The van der Waals surface area contributed by atoms with Crippen molar-refractivity contribution in [2.75, 3.05) is 11.5 Å². The number of rotatable bonds is 28. The van der Waals surface area contributed by atoms with Gasteiger partial charge in [-0.15, -0.1) is 0 Å². The highest BCUT2D eigenvalue weighted by Crippen LogP contribution is 2.16. The van der Waals surface area contributed by atoms with Crippen molar-refractivity contribution in [1.29, 1.82) is 0 Å². The third-order valence-corrected chi connectivity index (χ3v) is 8.41. The Kier molecular flexibility index (Phi) is 24.0. The van der Waals surface area contributed by atoms with Crippen LogP contribution in [0.15, 0.2) is 0 Å². The van der Waals surface area contributed by atoms with Crippen LogP contribution in [-0.2, 0) is 20.2 Å². The Morgan fingerprint density at radius 3 is 0.486 bits per heavy atom. The molecular weight excluding hydrogens is 484 g/mol. The van der Waals surface area contributed by atoms with Gasteiger partial charge in [0.2, 0.25) is 0 Å². The first-order valence-corrected chi connectivity index (χ1v) is 17.8. The second kappa shape index (κ2) is 24.2. The highest BCUT2D eigenvalue weighted by Gasteiger charge is 2.04. The third kappa shape index (κ3) is 33.8. The van der Waals surface area contributed by atoms with E-state index in [1.165, 1.54) is 122 Å². The van der Waals surface area contributed by atoms with Gasteiger partial charge in [-0.05, 0) is 12.8 Å². The maximum absolute atomic E-state index is 10.6. The Morgan fingerprint density at radius 1 is 0.257 bits per heavy atom. The lowest BCUT2D eigenvalue weighted by Crippen LogP contribution is -2.03. The molecule has 35 heavy (non-hydrogen) atoms. The monoisotopic (exact) mass is 540 g/mol. The summed E-state index contributed by atoms with van der Waals surface area (Å²) in [5.41, 5.74) is 0. The Bertz CT molecular complexity index is 591. The van der Waals surface area contributed by atoms with E-state index < -0.39 is 20.2 Å². The van der Waals surface area contributed by atoms with E-state index in [0.717, 1.165) is 25.7 Å². The number of hydrogen-bond donors (Lipinski definition) is 2. The van der Waals surface area contributed by atoms with Gasteiger partial charge in [-0.25, -0.2) is 0 Å². The highest BCUT2D eigenvalue weighted by atomic mass is 32.2. The molecule has 0 atom stereocenters. The van der Waals surface area contributed by atoms with Crippen LogP contribution in [0.5, 0.6) is 0 Å². The van der Waals surface area contributed by atoms with Crippen LogP contribution in [-0.4, -0.2) is 37.4 Å². The Labute approximate surface area is 217 Å². The van der Waals surface area contributed by atoms with Gasteiger partial charge >= 0.3 is 0 Å². The summed E-state index contributed by atoms with van der Waals surface area (Å²) >= 11 is 0. The molecule has 0 spiro atoms. The van der Waals surface area contributed by atoms with Crippen molar-refractivity contribution in [2.45, 2.75) is 161 Å². The fourth-order valence-corrected chi connectivity index (χ4v) is 5.77. The van der Waals surface area contributed by atoms with Crippen molar-refractivity contribution in [1.82, 2.24) is 0 Å². The molecule has 0 aromatic carbocycles. The molecule has 0 aromatic rings. The van der Waals surface area contributed by atoms with Crippen molar-refractivity contribution >= 4 is 20.2 Å². The fraction of sp³-hybridized carbons (Fsp3) is 1.00. The van der Waals surface area contributed by atoms with E-state index >= 15 is 0 Å². The summed E-state index contributed by atoms with van der Waals surface area (Å²) in [5.74, 6) is -0.188. The minimum absolute atomic E-state index is 0.0941. The van der Waals surface area contributed by atoms with Crippen LogP contribution < -0.4 is 0 Å². The molecule has 0 aliphatic heterocycles. The Balaban J connectivity index is 3.09. The second-order valence-electron chi connectivity index (χ2n) is 10.4. The van der Waals surface area contributed by atoms with E-state index in [-0.39, 0.29) is 11.5 Å². The highest BCUT2D eigenvalue weighted by molar-refractivity contribution is 7.86. The van der Waals surface area contributed by atoms with E-state index in [9.17, 15) is 16.8 Å². The first-order valence-electron chi connectivity index (χ1n) is 14.6. The molecule has 0 aliphatic carbocycles. The Morgan fingerprint density at radius 2 is 0.371 bits per heavy atom. The van der Waals surface area contributed by atoms with E-state index in [2.05, 4.69) is 0 Å². The van der Waals surface area contributed by atoms with Crippen molar-refractivity contribution in [2.24, 2.45) is 0 Å². The van der Waals surface area contributed by atoms with Crippen LogP contribution in [0.4, 0.5) is 0 Å². The molecular formula is C27H56O6S2. The zero-order valence-corrected chi connectivity index (χ0v) is 24.1. The van der Waals surface area contributed by atoms with Crippen molar-refractivity contribution < 1.29 is 25.9 Å². The van der Waals surface area contributed by atoms with Crippen molar-refractivity contribution in [3.8, 4) is 0 Å². The summed E-state index contributed by atoms with van der Waals surface area (Å²) < 4.78 is 59.9. The summed E-state index contributed by atoms with van der Waals surface area (Å²) in [6, 6.07) is 0. The van der Waals surface area contributed by atoms with Gasteiger partial charge in [-0.1, -0.05) is 148 Å². The maximum Gasteiger partial charge on any atom is 0.264 e. The van der Waals surface area contributed by atoms with E-state index in [1.54, 1.807) is 0 Å². The molecule has 0 fully saturated rings. The molecule has 0 saturated carbocycles.